The summed E-state index contributed by atoms with van der Waals surface area (Å²) in [5.41, 5.74) is 16.7. The quantitative estimate of drug-likeness (QED) is 0.174. The molecule has 0 fully saturated rings. The maximum absolute atomic E-state index is 5.66. The van der Waals surface area contributed by atoms with Crippen molar-refractivity contribution >= 4 is 21.5 Å². The Morgan fingerprint density at radius 1 is 0.270 bits per heavy atom. The van der Waals surface area contributed by atoms with Gasteiger partial charge in [0.1, 0.15) is 0 Å². The molecule has 2 aromatic heterocycles. The summed E-state index contributed by atoms with van der Waals surface area (Å²) in [6.07, 6.45) is 0. The zero-order valence-corrected chi connectivity index (χ0v) is 34.1. The van der Waals surface area contributed by atoms with Crippen molar-refractivity contribution in [2.75, 3.05) is 0 Å². The number of fused-ring (bicyclic) bond motifs is 13. The molecule has 4 nitrogen and oxygen atoms in total. The number of pyridine rings is 1. The van der Waals surface area contributed by atoms with Crippen LogP contribution in [0.2, 0.25) is 0 Å². The summed E-state index contributed by atoms with van der Waals surface area (Å²) in [5, 5.41) is 4.71. The van der Waals surface area contributed by atoms with E-state index in [1.807, 2.05) is 30.3 Å². The van der Waals surface area contributed by atoms with Crippen LogP contribution in [0.15, 0.2) is 218 Å². The van der Waals surface area contributed by atoms with Crippen LogP contribution in [0.25, 0.3) is 100 Å². The van der Waals surface area contributed by atoms with Crippen LogP contribution in [0.3, 0.4) is 0 Å². The highest BCUT2D eigenvalue weighted by Gasteiger charge is 2.53. The molecular formula is C59H36N4. The lowest BCUT2D eigenvalue weighted by Crippen LogP contribution is -2.26. The maximum atomic E-state index is 5.66. The van der Waals surface area contributed by atoms with E-state index < -0.39 is 5.41 Å². The summed E-state index contributed by atoms with van der Waals surface area (Å²) in [6.45, 7) is 0. The monoisotopic (exact) mass is 800 g/mol. The fourth-order valence-electron chi connectivity index (χ4n) is 10.3. The molecule has 0 saturated heterocycles. The second-order valence-corrected chi connectivity index (χ2v) is 16.5. The summed E-state index contributed by atoms with van der Waals surface area (Å²) >= 11 is 0. The number of aromatic nitrogens is 4. The van der Waals surface area contributed by atoms with E-state index in [1.165, 1.54) is 49.7 Å². The Labute approximate surface area is 364 Å². The summed E-state index contributed by atoms with van der Waals surface area (Å²) in [6, 6.07) is 77.9. The molecule has 1 spiro atoms. The molecule has 9 aromatic carbocycles. The first kappa shape index (κ1) is 35.4. The normalized spacial score (nSPS) is 12.9. The minimum absolute atomic E-state index is 0.456. The lowest BCUT2D eigenvalue weighted by molar-refractivity contribution is 0.799. The van der Waals surface area contributed by atoms with Gasteiger partial charge in [-0.15, -0.1) is 0 Å². The molecule has 11 aromatic rings. The molecule has 13 rings (SSSR count). The fraction of sp³-hybridized carbons (Fsp3) is 0.0169. The molecule has 0 unspecified atom stereocenters. The Bertz CT molecular complexity index is 3570. The van der Waals surface area contributed by atoms with E-state index in [-0.39, 0.29) is 0 Å². The van der Waals surface area contributed by atoms with E-state index in [0.29, 0.717) is 17.5 Å². The zero-order chi connectivity index (χ0) is 41.5. The predicted octanol–water partition coefficient (Wildman–Crippen LogP) is 14.3. The van der Waals surface area contributed by atoms with Crippen molar-refractivity contribution in [3.63, 3.8) is 0 Å². The van der Waals surface area contributed by atoms with Crippen LogP contribution in [-0.2, 0) is 5.41 Å². The molecule has 2 aliphatic rings. The molecule has 0 atom stereocenters. The van der Waals surface area contributed by atoms with Gasteiger partial charge in [0.05, 0.1) is 16.8 Å². The number of hydrogen-bond acceptors (Lipinski definition) is 4. The average Bonchev–Trinajstić information content (AvgIpc) is 3.83. The Balaban J connectivity index is 0.889. The van der Waals surface area contributed by atoms with Crippen molar-refractivity contribution in [3.8, 4) is 78.9 Å². The van der Waals surface area contributed by atoms with E-state index in [0.717, 1.165) is 55.5 Å². The summed E-state index contributed by atoms with van der Waals surface area (Å²) in [7, 11) is 0. The Hall–Kier alpha value is -8.34. The van der Waals surface area contributed by atoms with Crippen LogP contribution in [0.1, 0.15) is 22.3 Å². The van der Waals surface area contributed by atoms with Crippen LogP contribution in [0, 0.1) is 0 Å². The second-order valence-electron chi connectivity index (χ2n) is 16.5. The molecule has 0 aliphatic heterocycles. The van der Waals surface area contributed by atoms with E-state index in [1.54, 1.807) is 0 Å². The van der Waals surface area contributed by atoms with Gasteiger partial charge in [0.15, 0.2) is 17.5 Å². The number of rotatable bonds is 5. The standard InChI is InChI=1S/C59H36N4/c1-2-15-41(16-3-1)56-61-57(63-58(62-56)44-35-30-37-14-4-5-17-43(37)36-44)42-33-28-39(29-34-42)38-26-31-40(32-27-38)54-48-21-7-6-20-47(48)53-55(60-54)49-22-10-13-25-52(49)59(53)50-23-11-8-18-45(50)46-19-9-12-24-51(46)59/h1-36H. The van der Waals surface area contributed by atoms with Crippen molar-refractivity contribution < 1.29 is 0 Å². The summed E-state index contributed by atoms with van der Waals surface area (Å²) < 4.78 is 0. The van der Waals surface area contributed by atoms with E-state index >= 15 is 0 Å². The van der Waals surface area contributed by atoms with Gasteiger partial charge in [-0.3, -0.25) is 0 Å². The Morgan fingerprint density at radius 3 is 1.37 bits per heavy atom. The number of benzene rings is 9. The lowest BCUT2D eigenvalue weighted by atomic mass is 9.69. The molecule has 63 heavy (non-hydrogen) atoms. The van der Waals surface area contributed by atoms with Crippen molar-refractivity contribution in [3.05, 3.63) is 241 Å². The average molecular weight is 801 g/mol. The van der Waals surface area contributed by atoms with Crippen LogP contribution < -0.4 is 0 Å². The van der Waals surface area contributed by atoms with E-state index in [2.05, 4.69) is 188 Å². The van der Waals surface area contributed by atoms with Crippen molar-refractivity contribution in [1.82, 2.24) is 19.9 Å². The second kappa shape index (κ2) is 13.8. The van der Waals surface area contributed by atoms with Gasteiger partial charge in [0, 0.05) is 38.8 Å². The molecule has 0 amide bonds. The van der Waals surface area contributed by atoms with E-state index in [9.17, 15) is 0 Å². The van der Waals surface area contributed by atoms with E-state index in [4.69, 9.17) is 19.9 Å². The number of nitrogens with zero attached hydrogens (tertiary/aromatic N) is 4. The first-order valence-corrected chi connectivity index (χ1v) is 21.5. The first-order valence-electron chi connectivity index (χ1n) is 21.5. The molecule has 4 heteroatoms. The van der Waals surface area contributed by atoms with Gasteiger partial charge >= 0.3 is 0 Å². The van der Waals surface area contributed by atoms with Crippen LogP contribution in [0.4, 0.5) is 0 Å². The van der Waals surface area contributed by atoms with Gasteiger partial charge in [-0.1, -0.05) is 212 Å². The zero-order valence-electron chi connectivity index (χ0n) is 34.1. The van der Waals surface area contributed by atoms with Crippen LogP contribution in [-0.4, -0.2) is 19.9 Å². The fourth-order valence-corrected chi connectivity index (χ4v) is 10.3. The predicted molar refractivity (Wildman–Crippen MR) is 256 cm³/mol. The van der Waals surface area contributed by atoms with Crippen LogP contribution in [0.5, 0.6) is 0 Å². The highest BCUT2D eigenvalue weighted by atomic mass is 15.0. The molecule has 0 N–H and O–H groups in total. The van der Waals surface area contributed by atoms with Gasteiger partial charge in [0.2, 0.25) is 0 Å². The molecule has 0 saturated carbocycles. The van der Waals surface area contributed by atoms with Crippen molar-refractivity contribution in [2.24, 2.45) is 0 Å². The molecule has 2 aliphatic carbocycles. The molecule has 292 valence electrons. The first-order chi connectivity index (χ1) is 31.2. The third kappa shape index (κ3) is 5.35. The third-order valence-corrected chi connectivity index (χ3v) is 13.1. The highest BCUT2D eigenvalue weighted by molar-refractivity contribution is 6.06. The SMILES string of the molecule is c1ccc(-c2nc(-c3ccc(-c4ccc(-c5nc6c(c7ccccc57)C5(c7ccccc7-c7ccccc75)c5ccccc5-6)cc4)cc3)nc(-c3ccc4ccccc4c3)n2)cc1. The minimum atomic E-state index is -0.456. The lowest BCUT2D eigenvalue weighted by Gasteiger charge is -2.31. The summed E-state index contributed by atoms with van der Waals surface area (Å²) in [5.74, 6) is 1.93. The van der Waals surface area contributed by atoms with Gasteiger partial charge in [0.25, 0.3) is 0 Å². The van der Waals surface area contributed by atoms with Gasteiger partial charge in [-0.25, -0.2) is 19.9 Å². The Kier molecular flexibility index (Phi) is 7.79. The highest BCUT2D eigenvalue weighted by Crippen LogP contribution is 2.64. The largest absolute Gasteiger partial charge is 0.247 e. The van der Waals surface area contributed by atoms with Gasteiger partial charge in [-0.05, 0) is 61.2 Å². The van der Waals surface area contributed by atoms with Gasteiger partial charge in [-0.2, -0.15) is 0 Å². The van der Waals surface area contributed by atoms with Gasteiger partial charge < -0.3 is 0 Å². The minimum Gasteiger partial charge on any atom is -0.247 e. The maximum Gasteiger partial charge on any atom is 0.164 e. The van der Waals surface area contributed by atoms with Crippen LogP contribution >= 0.6 is 0 Å². The molecule has 0 bridgehead atoms. The smallest absolute Gasteiger partial charge is 0.164 e. The molecule has 0 radical (unpaired) electrons. The third-order valence-electron chi connectivity index (χ3n) is 13.1. The molecule has 2 heterocycles. The topological polar surface area (TPSA) is 51.6 Å². The van der Waals surface area contributed by atoms with Crippen molar-refractivity contribution in [1.29, 1.82) is 0 Å². The van der Waals surface area contributed by atoms with Crippen molar-refractivity contribution in [2.45, 2.75) is 5.41 Å². The molecular weight excluding hydrogens is 765 g/mol. The number of hydrogen-bond donors (Lipinski definition) is 0. The Morgan fingerprint density at radius 2 is 0.714 bits per heavy atom. The summed E-state index contributed by atoms with van der Waals surface area (Å²) in [4.78, 5) is 20.6.